The molecule has 0 heterocycles. The molecule has 0 radical (unpaired) electrons. The van der Waals surface area contributed by atoms with Crippen LogP contribution in [0.4, 0.5) is 0 Å². The molecule has 4 nitrogen and oxygen atoms in total. The molecule has 16 heavy (non-hydrogen) atoms. The van der Waals surface area contributed by atoms with Gasteiger partial charge in [-0.1, -0.05) is 6.07 Å². The second kappa shape index (κ2) is 4.43. The van der Waals surface area contributed by atoms with E-state index in [-0.39, 0.29) is 12.2 Å². The molecule has 1 aromatic carbocycles. The molecule has 0 fully saturated rings. The number of hydrogen-bond donors (Lipinski definition) is 2. The fraction of sp³-hybridized carbons (Fsp3) is 0.417. The second-order valence-electron chi connectivity index (χ2n) is 4.32. The molecule has 0 aliphatic rings. The number of phenolic OH excluding ortho intramolecular Hbond substituents is 1. The van der Waals surface area contributed by atoms with Gasteiger partial charge in [0.05, 0.1) is 12.5 Å². The number of rotatable bonds is 4. The van der Waals surface area contributed by atoms with Crippen molar-refractivity contribution in [3.05, 3.63) is 23.8 Å². The number of hydrogen-bond acceptors (Lipinski definition) is 3. The first-order valence-corrected chi connectivity index (χ1v) is 4.96. The fourth-order valence-electron chi connectivity index (χ4n) is 1.44. The molecule has 0 bridgehead atoms. The number of ether oxygens (including phenoxy) is 1. The number of phenols is 1. The van der Waals surface area contributed by atoms with Crippen LogP contribution in [0.2, 0.25) is 0 Å². The predicted molar refractivity (Wildman–Crippen MR) is 59.8 cm³/mol. The summed E-state index contributed by atoms with van der Waals surface area (Å²) in [4.78, 5) is 11.0. The van der Waals surface area contributed by atoms with E-state index < -0.39 is 11.4 Å². The first-order valence-electron chi connectivity index (χ1n) is 4.96. The highest BCUT2D eigenvalue weighted by Crippen LogP contribution is 2.33. The maximum absolute atomic E-state index is 11.0. The monoisotopic (exact) mass is 224 g/mol. The van der Waals surface area contributed by atoms with Gasteiger partial charge in [-0.05, 0) is 32.4 Å². The van der Waals surface area contributed by atoms with E-state index in [2.05, 4.69) is 0 Å². The van der Waals surface area contributed by atoms with Crippen LogP contribution < -0.4 is 4.74 Å². The molecule has 0 spiro atoms. The van der Waals surface area contributed by atoms with E-state index >= 15 is 0 Å². The van der Waals surface area contributed by atoms with Crippen LogP contribution in [0, 0.1) is 5.41 Å². The first-order chi connectivity index (χ1) is 7.38. The summed E-state index contributed by atoms with van der Waals surface area (Å²) >= 11 is 0. The summed E-state index contributed by atoms with van der Waals surface area (Å²) in [6.45, 7) is 3.22. The van der Waals surface area contributed by atoms with E-state index in [0.717, 1.165) is 0 Å². The van der Waals surface area contributed by atoms with E-state index in [0.29, 0.717) is 11.3 Å². The molecular weight excluding hydrogens is 208 g/mol. The number of aromatic hydroxyl groups is 1. The summed E-state index contributed by atoms with van der Waals surface area (Å²) in [5.74, 6) is -0.333. The Labute approximate surface area is 94.5 Å². The maximum atomic E-state index is 11.0. The lowest BCUT2D eigenvalue weighted by molar-refractivity contribution is -0.146. The predicted octanol–water partition coefficient (Wildman–Crippen LogP) is 2.05. The third-order valence-corrected chi connectivity index (χ3v) is 2.53. The minimum Gasteiger partial charge on any atom is -0.508 e. The number of carbonyl (C=O) groups is 1. The average Bonchev–Trinajstić information content (AvgIpc) is 2.20. The molecular formula is C12H16O4. The molecule has 0 amide bonds. The van der Waals surface area contributed by atoms with Crippen LogP contribution in [0.1, 0.15) is 19.4 Å². The quantitative estimate of drug-likeness (QED) is 0.821. The lowest BCUT2D eigenvalue weighted by Gasteiger charge is -2.21. The summed E-state index contributed by atoms with van der Waals surface area (Å²) < 4.78 is 5.10. The molecule has 0 saturated carbocycles. The van der Waals surface area contributed by atoms with Crippen LogP contribution in [0.5, 0.6) is 11.5 Å². The molecule has 0 aliphatic carbocycles. The van der Waals surface area contributed by atoms with E-state index in [9.17, 15) is 9.90 Å². The summed E-state index contributed by atoms with van der Waals surface area (Å²) in [5.41, 5.74) is -0.413. The molecule has 4 heteroatoms. The Hall–Kier alpha value is -1.71. The standard InChI is InChI=1S/C12H16O4/c1-12(2,11(14)15)7-8-9(13)5-4-6-10(8)16-3/h4-6,13H,7H2,1-3H3,(H,14,15). The smallest absolute Gasteiger partial charge is 0.309 e. The number of aliphatic carboxylic acids is 1. The Morgan fingerprint density at radius 2 is 2.06 bits per heavy atom. The Morgan fingerprint density at radius 3 is 2.56 bits per heavy atom. The van der Waals surface area contributed by atoms with Crippen molar-refractivity contribution in [2.45, 2.75) is 20.3 Å². The first kappa shape index (κ1) is 12.4. The highest BCUT2D eigenvalue weighted by Gasteiger charge is 2.29. The number of carboxylic acids is 1. The van der Waals surface area contributed by atoms with Crippen LogP contribution in [-0.4, -0.2) is 23.3 Å². The zero-order valence-corrected chi connectivity index (χ0v) is 9.65. The van der Waals surface area contributed by atoms with Crippen molar-refractivity contribution in [3.8, 4) is 11.5 Å². The topological polar surface area (TPSA) is 66.8 Å². The Morgan fingerprint density at radius 1 is 1.44 bits per heavy atom. The van der Waals surface area contributed by atoms with Gasteiger partial charge in [-0.2, -0.15) is 0 Å². The molecule has 0 saturated heterocycles. The number of methoxy groups -OCH3 is 1. The van der Waals surface area contributed by atoms with Gasteiger partial charge in [0.25, 0.3) is 0 Å². The number of benzene rings is 1. The second-order valence-corrected chi connectivity index (χ2v) is 4.32. The molecule has 88 valence electrons. The van der Waals surface area contributed by atoms with Gasteiger partial charge in [-0.15, -0.1) is 0 Å². The van der Waals surface area contributed by atoms with Crippen LogP contribution in [0.3, 0.4) is 0 Å². The maximum Gasteiger partial charge on any atom is 0.309 e. The normalized spacial score (nSPS) is 11.2. The largest absolute Gasteiger partial charge is 0.508 e. The summed E-state index contributed by atoms with van der Waals surface area (Å²) in [6, 6.07) is 4.88. The zero-order chi connectivity index (χ0) is 12.3. The fourth-order valence-corrected chi connectivity index (χ4v) is 1.44. The minimum atomic E-state index is -0.938. The van der Waals surface area contributed by atoms with Gasteiger partial charge in [-0.3, -0.25) is 4.79 Å². The van der Waals surface area contributed by atoms with Crippen molar-refractivity contribution in [2.24, 2.45) is 5.41 Å². The van der Waals surface area contributed by atoms with Crippen LogP contribution >= 0.6 is 0 Å². The van der Waals surface area contributed by atoms with Crippen LogP contribution in [-0.2, 0) is 11.2 Å². The number of carboxylic acid groups (broad SMARTS) is 1. The molecule has 0 atom stereocenters. The summed E-state index contributed by atoms with van der Waals surface area (Å²) in [5, 5.41) is 18.7. The van der Waals surface area contributed by atoms with Crippen molar-refractivity contribution in [3.63, 3.8) is 0 Å². The van der Waals surface area contributed by atoms with E-state index in [1.54, 1.807) is 26.0 Å². The van der Waals surface area contributed by atoms with Gasteiger partial charge in [0.2, 0.25) is 0 Å². The highest BCUT2D eigenvalue weighted by molar-refractivity contribution is 5.74. The third-order valence-electron chi connectivity index (χ3n) is 2.53. The lowest BCUT2D eigenvalue weighted by atomic mass is 9.85. The van der Waals surface area contributed by atoms with Crippen molar-refractivity contribution in [1.82, 2.24) is 0 Å². The summed E-state index contributed by atoms with van der Waals surface area (Å²) in [7, 11) is 1.49. The minimum absolute atomic E-state index is 0.0636. The van der Waals surface area contributed by atoms with Crippen LogP contribution in [0.15, 0.2) is 18.2 Å². The molecule has 0 unspecified atom stereocenters. The Balaban J connectivity index is 3.09. The molecule has 0 aliphatic heterocycles. The molecule has 0 aromatic heterocycles. The summed E-state index contributed by atoms with van der Waals surface area (Å²) in [6.07, 6.45) is 0.220. The Kier molecular flexibility index (Phi) is 3.42. The average molecular weight is 224 g/mol. The van der Waals surface area contributed by atoms with Gasteiger partial charge in [0.15, 0.2) is 0 Å². The molecule has 1 aromatic rings. The third kappa shape index (κ3) is 2.45. The van der Waals surface area contributed by atoms with Gasteiger partial charge < -0.3 is 14.9 Å². The van der Waals surface area contributed by atoms with E-state index in [1.807, 2.05) is 0 Å². The van der Waals surface area contributed by atoms with Crippen LogP contribution in [0.25, 0.3) is 0 Å². The van der Waals surface area contributed by atoms with Gasteiger partial charge in [0.1, 0.15) is 11.5 Å². The Bertz CT molecular complexity index is 396. The SMILES string of the molecule is COc1cccc(O)c1CC(C)(C)C(=O)O. The molecule has 2 N–H and O–H groups in total. The van der Waals surface area contributed by atoms with Gasteiger partial charge in [0, 0.05) is 5.56 Å². The zero-order valence-electron chi connectivity index (χ0n) is 9.65. The van der Waals surface area contributed by atoms with Crippen molar-refractivity contribution < 1.29 is 19.7 Å². The van der Waals surface area contributed by atoms with Crippen molar-refractivity contribution in [2.75, 3.05) is 7.11 Å². The highest BCUT2D eigenvalue weighted by atomic mass is 16.5. The lowest BCUT2D eigenvalue weighted by Crippen LogP contribution is -2.26. The van der Waals surface area contributed by atoms with Gasteiger partial charge >= 0.3 is 5.97 Å². The molecule has 1 rings (SSSR count). The van der Waals surface area contributed by atoms with Crippen molar-refractivity contribution >= 4 is 5.97 Å². The van der Waals surface area contributed by atoms with Gasteiger partial charge in [-0.25, -0.2) is 0 Å². The van der Waals surface area contributed by atoms with Crippen molar-refractivity contribution in [1.29, 1.82) is 0 Å². The van der Waals surface area contributed by atoms with E-state index in [1.165, 1.54) is 13.2 Å². The van der Waals surface area contributed by atoms with E-state index in [4.69, 9.17) is 9.84 Å².